The molecule has 11 heteroatoms. The molecule has 0 unspecified atom stereocenters. The van der Waals surface area contributed by atoms with Gasteiger partial charge in [0.15, 0.2) is 13.2 Å². The second-order valence-corrected chi connectivity index (χ2v) is 8.03. The molecule has 1 aliphatic heterocycles. The molecule has 0 aliphatic carbocycles. The number of tetrazole rings is 1. The maximum atomic E-state index is 13.0. The van der Waals surface area contributed by atoms with Gasteiger partial charge in [-0.05, 0) is 41.1 Å². The number of esters is 1. The molecule has 0 radical (unpaired) electrons. The first-order valence-corrected chi connectivity index (χ1v) is 11.0. The van der Waals surface area contributed by atoms with Crippen molar-refractivity contribution in [3.05, 3.63) is 95.4 Å². The van der Waals surface area contributed by atoms with E-state index in [4.69, 9.17) is 20.8 Å². The van der Waals surface area contributed by atoms with Crippen LogP contribution in [0, 0.1) is 0 Å². The lowest BCUT2D eigenvalue weighted by atomic mass is 10.1. The normalized spacial score (nSPS) is 14.9. The Bertz CT molecular complexity index is 1350. The van der Waals surface area contributed by atoms with Crippen molar-refractivity contribution in [1.82, 2.24) is 30.6 Å². The summed E-state index contributed by atoms with van der Waals surface area (Å²) in [4.78, 5) is 26.4. The van der Waals surface area contributed by atoms with Gasteiger partial charge in [-0.15, -0.1) is 10.2 Å². The van der Waals surface area contributed by atoms with Crippen LogP contribution in [0.1, 0.15) is 17.4 Å². The highest BCUT2D eigenvalue weighted by molar-refractivity contribution is 6.30. The molecule has 3 heterocycles. The first-order chi connectivity index (χ1) is 17.1. The molecule has 0 spiro atoms. The van der Waals surface area contributed by atoms with Gasteiger partial charge in [0, 0.05) is 10.6 Å². The van der Waals surface area contributed by atoms with E-state index in [1.54, 1.807) is 24.3 Å². The molecule has 1 amide bonds. The number of ether oxygens (including phenoxy) is 1. The third-order valence-electron chi connectivity index (χ3n) is 5.21. The monoisotopic (exact) mass is 490 g/mol. The van der Waals surface area contributed by atoms with Gasteiger partial charge in [-0.3, -0.25) is 10.2 Å². The van der Waals surface area contributed by atoms with E-state index in [0.717, 1.165) is 15.9 Å². The lowest BCUT2D eigenvalue weighted by molar-refractivity contribution is -0.154. The van der Waals surface area contributed by atoms with Crippen LogP contribution < -0.4 is 5.43 Å². The third kappa shape index (κ3) is 5.07. The minimum absolute atomic E-state index is 0.281. The molecule has 176 valence electrons. The Morgan fingerprint density at radius 3 is 2.57 bits per heavy atom. The number of furan rings is 1. The predicted molar refractivity (Wildman–Crippen MR) is 125 cm³/mol. The Kier molecular flexibility index (Phi) is 6.27. The van der Waals surface area contributed by atoms with Crippen LogP contribution in [0.2, 0.25) is 5.02 Å². The molecule has 5 rings (SSSR count). The number of nitrogens with zero attached hydrogens (tertiary/aromatic N) is 5. The highest BCUT2D eigenvalue weighted by Crippen LogP contribution is 2.32. The molecular formula is C24H19ClN6O4. The summed E-state index contributed by atoms with van der Waals surface area (Å²) in [7, 11) is 0. The standard InChI is InChI=1S/C24H19ClN6O4/c25-18-10-8-16(9-11-18)19-13-20(21-7-4-12-34-21)31(27-19)22(32)15-35-23(33)14-30-28-24(26-29-30)17-5-2-1-3-6-17/h1-13,20,27H,14-15H2/t20-/m1/s1. The van der Waals surface area contributed by atoms with E-state index in [1.165, 1.54) is 11.3 Å². The molecule has 1 aliphatic rings. The summed E-state index contributed by atoms with van der Waals surface area (Å²) < 4.78 is 10.7. The van der Waals surface area contributed by atoms with E-state index >= 15 is 0 Å². The molecule has 2 aromatic carbocycles. The average Bonchev–Trinajstić information content (AvgIpc) is 3.64. The molecule has 10 nitrogen and oxygen atoms in total. The van der Waals surface area contributed by atoms with Crippen molar-refractivity contribution in [1.29, 1.82) is 0 Å². The Morgan fingerprint density at radius 2 is 1.83 bits per heavy atom. The first-order valence-electron chi connectivity index (χ1n) is 10.7. The predicted octanol–water partition coefficient (Wildman–Crippen LogP) is 3.26. The third-order valence-corrected chi connectivity index (χ3v) is 5.47. The molecule has 4 aromatic rings. The molecule has 0 saturated carbocycles. The quantitative estimate of drug-likeness (QED) is 0.392. The number of rotatable bonds is 7. The van der Waals surface area contributed by atoms with Gasteiger partial charge in [-0.2, -0.15) is 4.80 Å². The molecular weight excluding hydrogens is 472 g/mol. The summed E-state index contributed by atoms with van der Waals surface area (Å²) in [6.45, 7) is -0.762. The van der Waals surface area contributed by atoms with Gasteiger partial charge in [-0.1, -0.05) is 54.1 Å². The Morgan fingerprint density at radius 1 is 1.03 bits per heavy atom. The number of benzene rings is 2. The Labute approximate surface area is 204 Å². The van der Waals surface area contributed by atoms with E-state index in [-0.39, 0.29) is 6.54 Å². The van der Waals surface area contributed by atoms with Crippen molar-refractivity contribution in [3.63, 3.8) is 0 Å². The van der Waals surface area contributed by atoms with E-state index in [0.29, 0.717) is 22.3 Å². The van der Waals surface area contributed by atoms with E-state index in [2.05, 4.69) is 20.8 Å². The molecule has 0 bridgehead atoms. The van der Waals surface area contributed by atoms with Crippen LogP contribution in [-0.2, 0) is 20.9 Å². The van der Waals surface area contributed by atoms with Gasteiger partial charge in [0.25, 0.3) is 5.91 Å². The van der Waals surface area contributed by atoms with Gasteiger partial charge < -0.3 is 9.15 Å². The fourth-order valence-corrected chi connectivity index (χ4v) is 3.66. The minimum atomic E-state index is -0.671. The van der Waals surface area contributed by atoms with Crippen LogP contribution in [0.15, 0.2) is 83.5 Å². The Balaban J connectivity index is 1.22. The van der Waals surface area contributed by atoms with Gasteiger partial charge in [0.05, 0.1) is 12.0 Å². The average molecular weight is 491 g/mol. The van der Waals surface area contributed by atoms with E-state index in [9.17, 15) is 9.59 Å². The zero-order chi connectivity index (χ0) is 24.2. The summed E-state index contributed by atoms with van der Waals surface area (Å²) in [6, 6.07) is 19.4. The number of carbonyl (C=O) groups excluding carboxylic acids is 2. The number of carbonyl (C=O) groups is 2. The first kappa shape index (κ1) is 22.4. The summed E-state index contributed by atoms with van der Waals surface area (Å²) in [5.41, 5.74) is 5.38. The molecule has 1 N–H and O–H groups in total. The van der Waals surface area contributed by atoms with Crippen LogP contribution >= 0.6 is 11.6 Å². The Hall–Kier alpha value is -4.44. The van der Waals surface area contributed by atoms with Crippen molar-refractivity contribution in [2.75, 3.05) is 6.61 Å². The number of nitrogens with one attached hydrogen (secondary N) is 1. The second kappa shape index (κ2) is 9.82. The molecule has 0 saturated heterocycles. The van der Waals surface area contributed by atoms with Crippen LogP contribution in [0.3, 0.4) is 0 Å². The van der Waals surface area contributed by atoms with Gasteiger partial charge in [-0.25, -0.2) is 9.80 Å². The number of hydrazine groups is 1. The maximum Gasteiger partial charge on any atom is 0.330 e. The van der Waals surface area contributed by atoms with Crippen LogP contribution in [0.5, 0.6) is 0 Å². The number of hydrogen-bond acceptors (Lipinski definition) is 8. The van der Waals surface area contributed by atoms with Crippen LogP contribution in [-0.4, -0.2) is 43.7 Å². The number of halogens is 1. The molecule has 35 heavy (non-hydrogen) atoms. The zero-order valence-electron chi connectivity index (χ0n) is 18.2. The van der Waals surface area contributed by atoms with Crippen molar-refractivity contribution >= 4 is 29.2 Å². The van der Waals surface area contributed by atoms with E-state index < -0.39 is 24.5 Å². The van der Waals surface area contributed by atoms with Gasteiger partial charge >= 0.3 is 5.97 Å². The van der Waals surface area contributed by atoms with Gasteiger partial charge in [0.2, 0.25) is 5.82 Å². The van der Waals surface area contributed by atoms with Crippen molar-refractivity contribution in [3.8, 4) is 11.4 Å². The molecule has 0 fully saturated rings. The second-order valence-electron chi connectivity index (χ2n) is 7.59. The van der Waals surface area contributed by atoms with E-state index in [1.807, 2.05) is 48.5 Å². The zero-order valence-corrected chi connectivity index (χ0v) is 19.0. The number of aromatic nitrogens is 4. The van der Waals surface area contributed by atoms with Crippen molar-refractivity contribution in [2.24, 2.45) is 0 Å². The van der Waals surface area contributed by atoms with Gasteiger partial charge in [0.1, 0.15) is 11.8 Å². The summed E-state index contributed by atoms with van der Waals surface area (Å²) in [5.74, 6) is -0.189. The number of amides is 1. The largest absolute Gasteiger partial charge is 0.467 e. The SMILES string of the molecule is O=C(Cn1nnc(-c2ccccc2)n1)OCC(=O)N1NC(c2ccc(Cl)cc2)=C[C@@H]1c1ccco1. The molecule has 1 atom stereocenters. The highest BCUT2D eigenvalue weighted by atomic mass is 35.5. The molecule has 2 aromatic heterocycles. The highest BCUT2D eigenvalue weighted by Gasteiger charge is 2.33. The summed E-state index contributed by atoms with van der Waals surface area (Å²) >= 11 is 5.99. The summed E-state index contributed by atoms with van der Waals surface area (Å²) in [5, 5.41) is 14.0. The summed E-state index contributed by atoms with van der Waals surface area (Å²) in [6.07, 6.45) is 3.38. The van der Waals surface area contributed by atoms with Crippen LogP contribution in [0.25, 0.3) is 17.1 Å². The van der Waals surface area contributed by atoms with Crippen molar-refractivity contribution < 1.29 is 18.7 Å². The number of hydrogen-bond donors (Lipinski definition) is 1. The smallest absolute Gasteiger partial charge is 0.330 e. The fourth-order valence-electron chi connectivity index (χ4n) is 3.53. The lowest BCUT2D eigenvalue weighted by Gasteiger charge is -2.23. The minimum Gasteiger partial charge on any atom is -0.467 e. The van der Waals surface area contributed by atoms with Crippen molar-refractivity contribution in [2.45, 2.75) is 12.6 Å². The fraction of sp³-hybridized carbons (Fsp3) is 0.125. The topological polar surface area (TPSA) is 115 Å². The maximum absolute atomic E-state index is 13.0. The van der Waals surface area contributed by atoms with Crippen LogP contribution in [0.4, 0.5) is 0 Å². The lowest BCUT2D eigenvalue weighted by Crippen LogP contribution is -2.42.